The monoisotopic (exact) mass is 302 g/mol. The summed E-state index contributed by atoms with van der Waals surface area (Å²) in [7, 11) is 0. The Balaban J connectivity index is 2.15. The Kier molecular flexibility index (Phi) is 3.24. The van der Waals surface area contributed by atoms with Crippen molar-refractivity contribution in [1.82, 2.24) is 19.9 Å². The molecule has 0 spiro atoms. The molecule has 0 amide bonds. The van der Waals surface area contributed by atoms with Crippen molar-refractivity contribution in [2.24, 2.45) is 0 Å². The Hall–Kier alpha value is -3.21. The van der Waals surface area contributed by atoms with Crippen LogP contribution in [-0.2, 0) is 0 Å². The van der Waals surface area contributed by atoms with E-state index >= 15 is 0 Å². The molecule has 0 fully saturated rings. The van der Waals surface area contributed by atoms with Gasteiger partial charge < -0.3 is 0 Å². The van der Waals surface area contributed by atoms with Crippen LogP contribution in [0.15, 0.2) is 67.1 Å². The minimum Gasteiger partial charge on any atom is -0.256 e. The molecule has 0 N–H and O–H groups in total. The molecule has 0 saturated heterocycles. The highest BCUT2D eigenvalue weighted by atomic mass is 19.1. The van der Waals surface area contributed by atoms with Gasteiger partial charge in [-0.15, -0.1) is 0 Å². The van der Waals surface area contributed by atoms with Crippen LogP contribution in [0.25, 0.3) is 33.5 Å². The normalized spacial score (nSPS) is 10.8. The zero-order valence-corrected chi connectivity index (χ0v) is 12.0. The van der Waals surface area contributed by atoms with E-state index < -0.39 is 5.95 Å². The van der Waals surface area contributed by atoms with Crippen molar-refractivity contribution in [3.05, 3.63) is 73.1 Å². The molecule has 4 nitrogen and oxygen atoms in total. The standard InChI is InChI=1S/C18H11FN4/c19-17-16(14-8-2-4-10-21-14)15(13-7-1-3-9-20-13)12-6-5-11-22-18(12)23-17/h1-11H. The van der Waals surface area contributed by atoms with Gasteiger partial charge in [0.05, 0.1) is 17.0 Å². The summed E-state index contributed by atoms with van der Waals surface area (Å²) in [5.74, 6) is -0.601. The number of hydrogen-bond donors (Lipinski definition) is 0. The lowest BCUT2D eigenvalue weighted by Gasteiger charge is -2.12. The van der Waals surface area contributed by atoms with Gasteiger partial charge in [0.1, 0.15) is 0 Å². The van der Waals surface area contributed by atoms with Gasteiger partial charge in [-0.1, -0.05) is 12.1 Å². The van der Waals surface area contributed by atoms with Crippen LogP contribution in [0.2, 0.25) is 0 Å². The lowest BCUT2D eigenvalue weighted by atomic mass is 9.99. The molecule has 0 aliphatic rings. The van der Waals surface area contributed by atoms with E-state index in [1.165, 1.54) is 0 Å². The SMILES string of the molecule is Fc1nc2ncccc2c(-c2ccccn2)c1-c1ccccn1. The number of rotatable bonds is 2. The molecular weight excluding hydrogens is 291 g/mol. The van der Waals surface area contributed by atoms with Gasteiger partial charge in [0, 0.05) is 29.5 Å². The zero-order valence-electron chi connectivity index (χ0n) is 12.0. The number of nitrogens with zero attached hydrogens (tertiary/aromatic N) is 4. The Labute approximate surface area is 131 Å². The summed E-state index contributed by atoms with van der Waals surface area (Å²) < 4.78 is 14.7. The smallest absolute Gasteiger partial charge is 0.225 e. The van der Waals surface area contributed by atoms with Crippen LogP contribution in [-0.4, -0.2) is 19.9 Å². The predicted octanol–water partition coefficient (Wildman–Crippen LogP) is 3.89. The predicted molar refractivity (Wildman–Crippen MR) is 86.0 cm³/mol. The summed E-state index contributed by atoms with van der Waals surface area (Å²) in [6.07, 6.45) is 4.90. The van der Waals surface area contributed by atoms with Gasteiger partial charge in [-0.3, -0.25) is 9.97 Å². The molecule has 4 aromatic rings. The second-order valence-electron chi connectivity index (χ2n) is 4.96. The molecule has 5 heteroatoms. The third kappa shape index (κ3) is 2.32. The minimum atomic E-state index is -0.601. The van der Waals surface area contributed by atoms with Gasteiger partial charge in [-0.25, -0.2) is 4.98 Å². The third-order valence-corrected chi connectivity index (χ3v) is 3.56. The minimum absolute atomic E-state index is 0.338. The summed E-state index contributed by atoms with van der Waals surface area (Å²) in [6, 6.07) is 14.6. The summed E-state index contributed by atoms with van der Waals surface area (Å²) in [5.41, 5.74) is 2.52. The zero-order chi connectivity index (χ0) is 15.6. The number of halogens is 1. The highest BCUT2D eigenvalue weighted by molar-refractivity contribution is 5.99. The summed E-state index contributed by atoms with van der Waals surface area (Å²) in [6.45, 7) is 0. The van der Waals surface area contributed by atoms with Gasteiger partial charge in [0.25, 0.3) is 0 Å². The van der Waals surface area contributed by atoms with Gasteiger partial charge in [0.15, 0.2) is 5.65 Å². The van der Waals surface area contributed by atoms with Crippen molar-refractivity contribution in [3.63, 3.8) is 0 Å². The second-order valence-corrected chi connectivity index (χ2v) is 4.96. The van der Waals surface area contributed by atoms with Crippen molar-refractivity contribution in [3.8, 4) is 22.5 Å². The second kappa shape index (κ2) is 5.53. The van der Waals surface area contributed by atoms with Crippen LogP contribution in [0.4, 0.5) is 4.39 Å². The molecule has 0 atom stereocenters. The summed E-state index contributed by atoms with van der Waals surface area (Å²) in [4.78, 5) is 16.8. The maximum absolute atomic E-state index is 14.7. The number of aromatic nitrogens is 4. The van der Waals surface area contributed by atoms with E-state index in [4.69, 9.17) is 0 Å². The van der Waals surface area contributed by atoms with E-state index in [0.717, 1.165) is 5.39 Å². The average Bonchev–Trinajstić information content (AvgIpc) is 2.62. The number of pyridine rings is 4. The van der Waals surface area contributed by atoms with Crippen LogP contribution < -0.4 is 0 Å². The first-order valence-corrected chi connectivity index (χ1v) is 7.11. The Morgan fingerprint density at radius 3 is 1.96 bits per heavy atom. The molecular formula is C18H11FN4. The maximum Gasteiger partial charge on any atom is 0.225 e. The summed E-state index contributed by atoms with van der Waals surface area (Å²) >= 11 is 0. The lowest BCUT2D eigenvalue weighted by Crippen LogP contribution is -1.99. The molecule has 4 aromatic heterocycles. The fourth-order valence-corrected chi connectivity index (χ4v) is 2.59. The van der Waals surface area contributed by atoms with Crippen molar-refractivity contribution in [2.45, 2.75) is 0 Å². The van der Waals surface area contributed by atoms with E-state index in [9.17, 15) is 4.39 Å². The molecule has 23 heavy (non-hydrogen) atoms. The molecule has 0 aromatic carbocycles. The van der Waals surface area contributed by atoms with Gasteiger partial charge in [-0.05, 0) is 36.4 Å². The first-order valence-electron chi connectivity index (χ1n) is 7.11. The van der Waals surface area contributed by atoms with Crippen LogP contribution in [0.5, 0.6) is 0 Å². The van der Waals surface area contributed by atoms with E-state index in [2.05, 4.69) is 19.9 Å². The molecule has 0 saturated carbocycles. The van der Waals surface area contributed by atoms with Crippen LogP contribution >= 0.6 is 0 Å². The lowest BCUT2D eigenvalue weighted by molar-refractivity contribution is 0.591. The quantitative estimate of drug-likeness (QED) is 0.527. The maximum atomic E-state index is 14.7. The largest absolute Gasteiger partial charge is 0.256 e. The van der Waals surface area contributed by atoms with E-state index in [1.54, 1.807) is 36.8 Å². The molecule has 110 valence electrons. The van der Waals surface area contributed by atoms with Crippen LogP contribution in [0, 0.1) is 5.95 Å². The highest BCUT2D eigenvalue weighted by Gasteiger charge is 2.20. The van der Waals surface area contributed by atoms with Gasteiger partial charge in [0.2, 0.25) is 5.95 Å². The van der Waals surface area contributed by atoms with Crippen molar-refractivity contribution >= 4 is 11.0 Å². The Bertz CT molecular complexity index is 972. The number of fused-ring (bicyclic) bond motifs is 1. The molecule has 4 heterocycles. The molecule has 0 radical (unpaired) electrons. The topological polar surface area (TPSA) is 51.6 Å². The molecule has 0 unspecified atom stereocenters. The van der Waals surface area contributed by atoms with Gasteiger partial charge in [-0.2, -0.15) is 9.37 Å². The summed E-state index contributed by atoms with van der Waals surface area (Å²) in [5, 5.41) is 0.744. The highest BCUT2D eigenvalue weighted by Crippen LogP contribution is 2.36. The van der Waals surface area contributed by atoms with E-state index in [1.807, 2.05) is 30.3 Å². The Morgan fingerprint density at radius 2 is 1.30 bits per heavy atom. The first-order chi connectivity index (χ1) is 11.3. The molecule has 0 bridgehead atoms. The fraction of sp³-hybridized carbons (Fsp3) is 0. The van der Waals surface area contributed by atoms with Crippen molar-refractivity contribution in [2.75, 3.05) is 0 Å². The van der Waals surface area contributed by atoms with Crippen LogP contribution in [0.3, 0.4) is 0 Å². The fourth-order valence-electron chi connectivity index (χ4n) is 2.59. The van der Waals surface area contributed by atoms with Crippen molar-refractivity contribution in [1.29, 1.82) is 0 Å². The Morgan fingerprint density at radius 1 is 0.652 bits per heavy atom. The van der Waals surface area contributed by atoms with E-state index in [-0.39, 0.29) is 0 Å². The number of hydrogen-bond acceptors (Lipinski definition) is 4. The van der Waals surface area contributed by atoms with Crippen LogP contribution in [0.1, 0.15) is 0 Å². The third-order valence-electron chi connectivity index (χ3n) is 3.56. The molecule has 4 rings (SSSR count). The van der Waals surface area contributed by atoms with Gasteiger partial charge >= 0.3 is 0 Å². The molecule has 0 aliphatic heterocycles. The molecule has 0 aliphatic carbocycles. The first kappa shape index (κ1) is 13.5. The van der Waals surface area contributed by atoms with Crippen molar-refractivity contribution < 1.29 is 4.39 Å². The van der Waals surface area contributed by atoms with E-state index in [0.29, 0.717) is 28.2 Å². The average molecular weight is 302 g/mol.